The van der Waals surface area contributed by atoms with Gasteiger partial charge in [0.25, 0.3) is 0 Å². The van der Waals surface area contributed by atoms with Crippen LogP contribution in [0, 0.1) is 0 Å². The number of benzene rings is 2. The average Bonchev–Trinajstić information content (AvgIpc) is 2.71. The van der Waals surface area contributed by atoms with Gasteiger partial charge in [0.2, 0.25) is 0 Å². The van der Waals surface area contributed by atoms with Crippen molar-refractivity contribution in [2.45, 2.75) is 24.8 Å². The first kappa shape index (κ1) is 26.0. The van der Waals surface area contributed by atoms with Crippen molar-refractivity contribution in [3.05, 3.63) is 58.1 Å². The second-order valence-electron chi connectivity index (χ2n) is 6.34. The fourth-order valence-corrected chi connectivity index (χ4v) is 2.56. The molecule has 0 amide bonds. The van der Waals surface area contributed by atoms with Gasteiger partial charge in [0.15, 0.2) is 11.5 Å². The number of hydrazone groups is 1. The molecule has 0 aliphatic carbocycles. The molecule has 0 aliphatic heterocycles. The lowest BCUT2D eigenvalue weighted by atomic mass is 10.1. The third-order valence-corrected chi connectivity index (χ3v) is 4.29. The number of hydrogen-bond acceptors (Lipinski definition) is 5. The number of carboxylic acid groups (broad SMARTS) is 1. The number of nitrogens with one attached hydrogen (secondary N) is 1. The van der Waals surface area contributed by atoms with Crippen LogP contribution in [0.2, 0.25) is 5.02 Å². The molecule has 0 bridgehead atoms. The summed E-state index contributed by atoms with van der Waals surface area (Å²) in [4.78, 5) is 10.9. The molecular weight excluding hydrogens is 489 g/mol. The Labute approximate surface area is 186 Å². The SMILES string of the molecule is COc1cc(/C=N/NC(F)(F)C(F)(F)C(F)(F)F)cc(Cl)c1OCc1ccc(C(=O)O)cc1. The molecule has 6 nitrogen and oxygen atoms in total. The maximum Gasteiger partial charge on any atom is 0.462 e. The van der Waals surface area contributed by atoms with E-state index >= 15 is 0 Å². The van der Waals surface area contributed by atoms with Crippen LogP contribution >= 0.6 is 11.6 Å². The third-order valence-electron chi connectivity index (χ3n) is 4.00. The predicted molar refractivity (Wildman–Crippen MR) is 102 cm³/mol. The number of methoxy groups -OCH3 is 1. The van der Waals surface area contributed by atoms with Crippen LogP contribution in [0.3, 0.4) is 0 Å². The van der Waals surface area contributed by atoms with Gasteiger partial charge in [-0.15, -0.1) is 0 Å². The van der Waals surface area contributed by atoms with Gasteiger partial charge in [-0.05, 0) is 35.4 Å². The monoisotopic (exact) mass is 502 g/mol. The summed E-state index contributed by atoms with van der Waals surface area (Å²) in [7, 11) is 1.21. The van der Waals surface area contributed by atoms with Crippen molar-refractivity contribution in [3.8, 4) is 11.5 Å². The second-order valence-corrected chi connectivity index (χ2v) is 6.75. The van der Waals surface area contributed by atoms with Gasteiger partial charge >= 0.3 is 24.1 Å². The van der Waals surface area contributed by atoms with Crippen LogP contribution in [-0.4, -0.2) is 42.5 Å². The van der Waals surface area contributed by atoms with Crippen molar-refractivity contribution in [1.29, 1.82) is 0 Å². The highest BCUT2D eigenvalue weighted by Crippen LogP contribution is 2.45. The van der Waals surface area contributed by atoms with Gasteiger partial charge in [-0.25, -0.2) is 10.2 Å². The summed E-state index contributed by atoms with van der Waals surface area (Å²) in [5, 5.41) is 11.5. The summed E-state index contributed by atoms with van der Waals surface area (Å²) >= 11 is 6.07. The van der Waals surface area contributed by atoms with Crippen molar-refractivity contribution in [3.63, 3.8) is 0 Å². The van der Waals surface area contributed by atoms with Crippen molar-refractivity contribution in [2.75, 3.05) is 7.11 Å². The van der Waals surface area contributed by atoms with E-state index in [0.717, 1.165) is 12.1 Å². The molecule has 0 atom stereocenters. The van der Waals surface area contributed by atoms with Gasteiger partial charge in [-0.1, -0.05) is 23.7 Å². The van der Waals surface area contributed by atoms with E-state index in [9.17, 15) is 35.5 Å². The molecule has 0 aromatic heterocycles. The zero-order chi connectivity index (χ0) is 25.0. The quantitative estimate of drug-likeness (QED) is 0.209. The molecule has 0 saturated heterocycles. The number of halogens is 8. The summed E-state index contributed by atoms with van der Waals surface area (Å²) < 4.78 is 99.1. The van der Waals surface area contributed by atoms with Gasteiger partial charge < -0.3 is 14.6 Å². The molecule has 0 spiro atoms. The standard InChI is InChI=1S/C19H14ClF7N2O4/c1-32-14-7-11(8-28-29-19(26,27)17(21,22)18(23,24)25)6-13(20)15(14)33-9-10-2-4-12(5-3-10)16(30)31/h2-8,29H,9H2,1H3,(H,30,31)/b28-8+. The molecule has 2 rings (SSSR count). The number of carbonyl (C=O) groups is 1. The highest BCUT2D eigenvalue weighted by molar-refractivity contribution is 6.32. The maximum absolute atomic E-state index is 13.2. The molecule has 0 heterocycles. The Kier molecular flexibility index (Phi) is 7.68. The van der Waals surface area contributed by atoms with Gasteiger partial charge in [0, 0.05) is 0 Å². The van der Waals surface area contributed by atoms with Gasteiger partial charge in [0.1, 0.15) is 6.61 Å². The largest absolute Gasteiger partial charge is 0.493 e. The smallest absolute Gasteiger partial charge is 0.462 e. The fourth-order valence-electron chi connectivity index (χ4n) is 2.29. The van der Waals surface area contributed by atoms with E-state index in [0.29, 0.717) is 17.2 Å². The van der Waals surface area contributed by atoms with Crippen molar-refractivity contribution >= 4 is 23.8 Å². The van der Waals surface area contributed by atoms with Crippen LogP contribution in [0.25, 0.3) is 0 Å². The molecule has 2 aromatic rings. The lowest BCUT2D eigenvalue weighted by Gasteiger charge is -2.27. The Morgan fingerprint density at radius 3 is 2.24 bits per heavy atom. The highest BCUT2D eigenvalue weighted by Gasteiger charge is 2.73. The van der Waals surface area contributed by atoms with Crippen LogP contribution in [0.5, 0.6) is 11.5 Å². The molecule has 0 aliphatic rings. The van der Waals surface area contributed by atoms with E-state index in [2.05, 4.69) is 5.10 Å². The van der Waals surface area contributed by atoms with Gasteiger partial charge in [-0.2, -0.15) is 35.8 Å². The normalized spacial score (nSPS) is 12.6. The molecule has 0 unspecified atom stereocenters. The second kappa shape index (κ2) is 9.73. The zero-order valence-electron chi connectivity index (χ0n) is 16.4. The zero-order valence-corrected chi connectivity index (χ0v) is 17.1. The van der Waals surface area contributed by atoms with E-state index < -0.39 is 24.1 Å². The van der Waals surface area contributed by atoms with E-state index in [1.54, 1.807) is 0 Å². The van der Waals surface area contributed by atoms with Crippen LogP contribution in [-0.2, 0) is 6.61 Å². The number of ether oxygens (including phenoxy) is 2. The van der Waals surface area contributed by atoms with Crippen LogP contribution in [0.1, 0.15) is 21.5 Å². The molecule has 2 aromatic carbocycles. The van der Waals surface area contributed by atoms with Crippen LogP contribution < -0.4 is 14.9 Å². The minimum atomic E-state index is -6.50. The Hall–Kier alpha value is -3.22. The minimum absolute atomic E-state index is 0.000483. The first-order valence-electron chi connectivity index (χ1n) is 8.64. The van der Waals surface area contributed by atoms with Gasteiger partial charge in [-0.3, -0.25) is 0 Å². The van der Waals surface area contributed by atoms with E-state index in [1.807, 2.05) is 0 Å². The fraction of sp³-hybridized carbons (Fsp3) is 0.263. The summed E-state index contributed by atoms with van der Waals surface area (Å²) in [6.45, 7) is -0.0658. The molecular formula is C19H14ClF7N2O4. The van der Waals surface area contributed by atoms with Gasteiger partial charge in [0.05, 0.1) is 23.9 Å². The maximum atomic E-state index is 13.2. The van der Waals surface area contributed by atoms with E-state index in [-0.39, 0.29) is 34.3 Å². The van der Waals surface area contributed by atoms with Crippen molar-refractivity contribution in [2.24, 2.45) is 5.10 Å². The summed E-state index contributed by atoms with van der Waals surface area (Å²) in [5.41, 5.74) is 1.04. The highest BCUT2D eigenvalue weighted by atomic mass is 35.5. The van der Waals surface area contributed by atoms with Crippen molar-refractivity contribution in [1.82, 2.24) is 5.43 Å². The molecule has 0 radical (unpaired) electrons. The summed E-state index contributed by atoms with van der Waals surface area (Å²) in [6, 6.07) is 2.24. The Morgan fingerprint density at radius 2 is 1.73 bits per heavy atom. The third kappa shape index (κ3) is 5.97. The Bertz CT molecular complexity index is 1030. The number of nitrogens with zero attached hydrogens (tertiary/aromatic N) is 1. The number of hydrogen-bond donors (Lipinski definition) is 2. The molecule has 0 fully saturated rings. The van der Waals surface area contributed by atoms with Crippen LogP contribution in [0.15, 0.2) is 41.5 Å². The molecule has 180 valence electrons. The van der Waals surface area contributed by atoms with Crippen molar-refractivity contribution < 1.29 is 50.1 Å². The molecule has 33 heavy (non-hydrogen) atoms. The first-order chi connectivity index (χ1) is 15.2. The van der Waals surface area contributed by atoms with E-state index in [4.69, 9.17) is 26.2 Å². The van der Waals surface area contributed by atoms with Crippen LogP contribution in [0.4, 0.5) is 30.7 Å². The number of alkyl halides is 7. The van der Waals surface area contributed by atoms with E-state index in [1.165, 1.54) is 31.4 Å². The lowest BCUT2D eigenvalue weighted by Crippen LogP contribution is -2.58. The first-order valence-corrected chi connectivity index (χ1v) is 9.02. The number of carboxylic acids is 1. The Balaban J connectivity index is 2.15. The number of rotatable bonds is 9. The predicted octanol–water partition coefficient (Wildman–Crippen LogP) is 5.34. The lowest BCUT2D eigenvalue weighted by molar-refractivity contribution is -0.361. The molecule has 2 N–H and O–H groups in total. The average molecular weight is 503 g/mol. The molecule has 0 saturated carbocycles. The molecule has 14 heteroatoms. The minimum Gasteiger partial charge on any atom is -0.493 e. The summed E-state index contributed by atoms with van der Waals surface area (Å²) in [6.07, 6.45) is -5.97. The summed E-state index contributed by atoms with van der Waals surface area (Å²) in [5.74, 6) is -7.51. The number of aromatic carboxylic acids is 1. The topological polar surface area (TPSA) is 80.1 Å². The Morgan fingerprint density at radius 1 is 1.12 bits per heavy atom.